The summed E-state index contributed by atoms with van der Waals surface area (Å²) in [6.45, 7) is 6.20. The van der Waals surface area contributed by atoms with Gasteiger partial charge in [-0.15, -0.1) is 5.10 Å². The first-order valence-electron chi connectivity index (χ1n) is 5.34. The predicted octanol–water partition coefficient (Wildman–Crippen LogP) is 2.82. The zero-order chi connectivity index (χ0) is 11.1. The number of hydrogen-bond acceptors (Lipinski definition) is 4. The molecular weight excluding hydrogens is 208 g/mol. The van der Waals surface area contributed by atoms with Crippen molar-refractivity contribution in [3.8, 4) is 0 Å². The van der Waals surface area contributed by atoms with E-state index in [1.165, 1.54) is 24.4 Å². The van der Waals surface area contributed by atoms with Crippen LogP contribution in [0.2, 0.25) is 0 Å². The maximum Gasteiger partial charge on any atom is 0.176 e. The lowest BCUT2D eigenvalue weighted by molar-refractivity contribution is 0.0977. The van der Waals surface area contributed by atoms with E-state index in [4.69, 9.17) is 0 Å². The Morgan fingerprint density at radius 3 is 2.67 bits per heavy atom. The van der Waals surface area contributed by atoms with Crippen LogP contribution in [-0.4, -0.2) is 15.4 Å². The van der Waals surface area contributed by atoms with Crippen LogP contribution >= 0.6 is 11.5 Å². The van der Waals surface area contributed by atoms with Crippen molar-refractivity contribution in [2.24, 2.45) is 5.92 Å². The Hall–Kier alpha value is -0.770. The Bertz CT molecular complexity index is 374. The third kappa shape index (κ3) is 2.43. The lowest BCUT2D eigenvalue weighted by Crippen LogP contribution is -2.16. The van der Waals surface area contributed by atoms with Gasteiger partial charge in [0, 0.05) is 11.8 Å². The maximum absolute atomic E-state index is 12.0. The highest BCUT2D eigenvalue weighted by molar-refractivity contribution is 7.08. The third-order valence-corrected chi connectivity index (χ3v) is 3.39. The molecule has 1 aromatic rings. The van der Waals surface area contributed by atoms with Crippen molar-refractivity contribution in [3.05, 3.63) is 10.6 Å². The topological polar surface area (TPSA) is 42.9 Å². The zero-order valence-electron chi connectivity index (χ0n) is 9.41. The van der Waals surface area contributed by atoms with Gasteiger partial charge < -0.3 is 0 Å². The number of Topliss-reactive ketones (excluding diaryl/α,β-unsaturated/α-hetero) is 1. The molecule has 0 amide bonds. The monoisotopic (exact) mass is 224 g/mol. The van der Waals surface area contributed by atoms with Crippen LogP contribution in [0, 0.1) is 5.92 Å². The molecule has 0 aromatic carbocycles. The molecule has 2 rings (SSSR count). The van der Waals surface area contributed by atoms with Gasteiger partial charge in [0.05, 0.1) is 5.69 Å². The summed E-state index contributed by atoms with van der Waals surface area (Å²) in [5.41, 5.74) is 0.778. The fraction of sp³-hybridized carbons (Fsp3) is 0.727. The fourth-order valence-electron chi connectivity index (χ4n) is 1.54. The van der Waals surface area contributed by atoms with Crippen LogP contribution in [0.5, 0.6) is 0 Å². The van der Waals surface area contributed by atoms with E-state index in [2.05, 4.69) is 30.4 Å². The smallest absolute Gasteiger partial charge is 0.176 e. The van der Waals surface area contributed by atoms with Gasteiger partial charge in [-0.1, -0.05) is 25.3 Å². The predicted molar refractivity (Wildman–Crippen MR) is 60.3 cm³/mol. The molecule has 1 heterocycles. The molecule has 1 aliphatic rings. The normalized spacial score (nSPS) is 16.7. The lowest BCUT2D eigenvalue weighted by Gasteiger charge is -2.15. The Morgan fingerprint density at radius 1 is 1.47 bits per heavy atom. The van der Waals surface area contributed by atoms with E-state index < -0.39 is 0 Å². The van der Waals surface area contributed by atoms with Crippen molar-refractivity contribution in [3.63, 3.8) is 0 Å². The van der Waals surface area contributed by atoms with Crippen molar-refractivity contribution in [1.82, 2.24) is 9.59 Å². The summed E-state index contributed by atoms with van der Waals surface area (Å²) in [5.74, 6) is 0.866. The third-order valence-electron chi connectivity index (χ3n) is 2.62. The summed E-state index contributed by atoms with van der Waals surface area (Å²) in [4.78, 5) is 12.7. The summed E-state index contributed by atoms with van der Waals surface area (Å²) < 4.78 is 3.91. The molecule has 0 spiro atoms. The van der Waals surface area contributed by atoms with Crippen LogP contribution in [-0.2, 0) is 5.41 Å². The summed E-state index contributed by atoms with van der Waals surface area (Å²) in [5, 5.41) is 4.08. The molecule has 0 aliphatic heterocycles. The molecule has 0 N–H and O–H groups in total. The van der Waals surface area contributed by atoms with Gasteiger partial charge in [0.25, 0.3) is 0 Å². The molecule has 0 bridgehead atoms. The van der Waals surface area contributed by atoms with Crippen LogP contribution in [0.25, 0.3) is 0 Å². The van der Waals surface area contributed by atoms with Gasteiger partial charge in [-0.2, -0.15) is 0 Å². The first-order chi connectivity index (χ1) is 6.98. The lowest BCUT2D eigenvalue weighted by atomic mass is 9.90. The molecule has 1 fully saturated rings. The Kier molecular flexibility index (Phi) is 2.63. The molecule has 4 heteroatoms. The van der Waals surface area contributed by atoms with Crippen LogP contribution in [0.1, 0.15) is 55.4 Å². The summed E-state index contributed by atoms with van der Waals surface area (Å²) in [6.07, 6.45) is 3.11. The highest BCUT2D eigenvalue weighted by Gasteiger charge is 2.30. The minimum Gasteiger partial charge on any atom is -0.293 e. The first kappa shape index (κ1) is 10.7. The average Bonchev–Trinajstić information content (AvgIpc) is 2.80. The zero-order valence-corrected chi connectivity index (χ0v) is 10.2. The average molecular weight is 224 g/mol. The first-order valence-corrected chi connectivity index (χ1v) is 6.12. The van der Waals surface area contributed by atoms with Crippen LogP contribution in [0.4, 0.5) is 0 Å². The molecule has 3 nitrogen and oxygen atoms in total. The largest absolute Gasteiger partial charge is 0.293 e. The maximum atomic E-state index is 12.0. The van der Waals surface area contributed by atoms with E-state index in [0.717, 1.165) is 10.6 Å². The highest BCUT2D eigenvalue weighted by atomic mass is 32.1. The number of aromatic nitrogens is 2. The molecule has 1 aromatic heterocycles. The number of hydrogen-bond donors (Lipinski definition) is 0. The van der Waals surface area contributed by atoms with Gasteiger partial charge >= 0.3 is 0 Å². The Morgan fingerprint density at radius 2 is 2.13 bits per heavy atom. The Labute approximate surface area is 94.1 Å². The molecule has 0 saturated heterocycles. The van der Waals surface area contributed by atoms with Gasteiger partial charge in [-0.25, -0.2) is 0 Å². The summed E-state index contributed by atoms with van der Waals surface area (Å²) in [6, 6.07) is 0. The molecular formula is C11H16N2OS. The van der Waals surface area contributed by atoms with Crippen LogP contribution in [0.3, 0.4) is 0 Å². The number of carbonyl (C=O) groups is 1. The van der Waals surface area contributed by atoms with Gasteiger partial charge in [0.1, 0.15) is 4.88 Å². The molecule has 1 aliphatic carbocycles. The minimum atomic E-state index is -0.0818. The van der Waals surface area contributed by atoms with E-state index in [0.29, 0.717) is 12.3 Å². The Balaban J connectivity index is 2.19. The quantitative estimate of drug-likeness (QED) is 0.741. The van der Waals surface area contributed by atoms with Gasteiger partial charge in [-0.3, -0.25) is 4.79 Å². The van der Waals surface area contributed by atoms with Crippen molar-refractivity contribution in [2.75, 3.05) is 0 Å². The standard InChI is InChI=1S/C11H16N2OS/c1-11(2,3)10-9(15-13-12-10)8(14)6-7-4-5-7/h7H,4-6H2,1-3H3. The molecule has 82 valence electrons. The van der Waals surface area contributed by atoms with E-state index in [-0.39, 0.29) is 11.2 Å². The van der Waals surface area contributed by atoms with E-state index in [1.807, 2.05) is 0 Å². The number of rotatable bonds is 3. The molecule has 1 saturated carbocycles. The van der Waals surface area contributed by atoms with Gasteiger partial charge in [0.15, 0.2) is 5.78 Å². The number of nitrogens with zero attached hydrogens (tertiary/aromatic N) is 2. The van der Waals surface area contributed by atoms with E-state index >= 15 is 0 Å². The van der Waals surface area contributed by atoms with E-state index in [1.54, 1.807) is 0 Å². The van der Waals surface area contributed by atoms with Gasteiger partial charge in [0.2, 0.25) is 0 Å². The highest BCUT2D eigenvalue weighted by Crippen LogP contribution is 2.35. The minimum absolute atomic E-state index is 0.0818. The van der Waals surface area contributed by atoms with Crippen molar-refractivity contribution in [2.45, 2.75) is 45.4 Å². The summed E-state index contributed by atoms with van der Waals surface area (Å²) in [7, 11) is 0. The van der Waals surface area contributed by atoms with Crippen LogP contribution in [0.15, 0.2) is 0 Å². The van der Waals surface area contributed by atoms with Gasteiger partial charge in [-0.05, 0) is 30.3 Å². The second-order valence-electron chi connectivity index (χ2n) is 5.27. The van der Waals surface area contributed by atoms with Crippen LogP contribution < -0.4 is 0 Å². The second-order valence-corrected chi connectivity index (χ2v) is 6.03. The van der Waals surface area contributed by atoms with Crippen molar-refractivity contribution >= 4 is 17.3 Å². The molecule has 0 unspecified atom stereocenters. The summed E-state index contributed by atoms with van der Waals surface area (Å²) >= 11 is 1.24. The molecule has 0 atom stereocenters. The fourth-order valence-corrected chi connectivity index (χ4v) is 2.36. The van der Waals surface area contributed by atoms with E-state index in [9.17, 15) is 4.79 Å². The number of ketones is 1. The van der Waals surface area contributed by atoms with Crippen molar-refractivity contribution < 1.29 is 4.79 Å². The molecule has 0 radical (unpaired) electrons. The molecule has 15 heavy (non-hydrogen) atoms. The SMILES string of the molecule is CC(C)(C)c1nnsc1C(=O)CC1CC1. The number of carbonyl (C=O) groups excluding carboxylic acids is 1. The second kappa shape index (κ2) is 3.67. The van der Waals surface area contributed by atoms with Crippen molar-refractivity contribution in [1.29, 1.82) is 0 Å².